The molecule has 24 heavy (non-hydrogen) atoms. The number of thioether (sulfide) groups is 1. The Balaban J connectivity index is 2.42. The van der Waals surface area contributed by atoms with E-state index in [0.29, 0.717) is 22.3 Å². The molecule has 1 aromatic carbocycles. The fourth-order valence-electron chi connectivity index (χ4n) is 2.44. The SMILES string of the molecule is CCCCN1C(C)=C(C)SC1=C(F)C(=O)c1cc(Cl)ccc1OC. The van der Waals surface area contributed by atoms with E-state index in [2.05, 4.69) is 6.92 Å². The number of Topliss-reactive ketones (excluding diaryl/α,β-unsaturated/α-hetero) is 1. The Morgan fingerprint density at radius 2 is 2.08 bits per heavy atom. The number of carbonyl (C=O) groups is 1. The molecule has 3 nitrogen and oxygen atoms in total. The molecule has 0 radical (unpaired) electrons. The second-order valence-electron chi connectivity index (χ2n) is 5.54. The summed E-state index contributed by atoms with van der Waals surface area (Å²) >= 11 is 7.25. The van der Waals surface area contributed by atoms with Gasteiger partial charge in [0.2, 0.25) is 11.6 Å². The van der Waals surface area contributed by atoms with Crippen molar-refractivity contribution in [2.24, 2.45) is 0 Å². The molecule has 0 aliphatic carbocycles. The van der Waals surface area contributed by atoms with Gasteiger partial charge in [0.25, 0.3) is 0 Å². The third-order valence-electron chi connectivity index (χ3n) is 3.94. The molecule has 0 N–H and O–H groups in total. The van der Waals surface area contributed by atoms with E-state index in [1.807, 2.05) is 18.7 Å². The van der Waals surface area contributed by atoms with Crippen molar-refractivity contribution < 1.29 is 13.9 Å². The number of halogens is 2. The van der Waals surface area contributed by atoms with E-state index >= 15 is 4.39 Å². The van der Waals surface area contributed by atoms with Gasteiger partial charge in [-0.2, -0.15) is 4.39 Å². The number of hydrogen-bond acceptors (Lipinski definition) is 4. The average Bonchev–Trinajstić information content (AvgIpc) is 2.86. The molecule has 0 saturated heterocycles. The molecule has 1 aromatic rings. The molecule has 2 rings (SSSR count). The van der Waals surface area contributed by atoms with Gasteiger partial charge in [0, 0.05) is 22.2 Å². The summed E-state index contributed by atoms with van der Waals surface area (Å²) in [6.07, 6.45) is 1.93. The normalized spacial score (nSPS) is 16.7. The number of allylic oxidation sites excluding steroid dienone is 3. The number of ether oxygens (including phenoxy) is 1. The highest BCUT2D eigenvalue weighted by molar-refractivity contribution is 8.06. The lowest BCUT2D eigenvalue weighted by Crippen LogP contribution is -2.20. The lowest BCUT2D eigenvalue weighted by molar-refractivity contribution is 0.0998. The number of hydrogen-bond donors (Lipinski definition) is 0. The molecule has 0 amide bonds. The standard InChI is InChI=1S/C18H21ClFNO2S/c1-5-6-9-21-11(2)12(3)24-18(21)16(20)17(22)14-10-13(19)7-8-15(14)23-4/h7-8,10H,5-6,9H2,1-4H3. The first-order chi connectivity index (χ1) is 11.4. The minimum absolute atomic E-state index is 0.133. The van der Waals surface area contributed by atoms with Crippen LogP contribution in [0.2, 0.25) is 5.02 Å². The molecule has 1 aliphatic rings. The van der Waals surface area contributed by atoms with Crippen LogP contribution < -0.4 is 4.74 Å². The average molecular weight is 370 g/mol. The second kappa shape index (κ2) is 8.08. The highest BCUT2D eigenvalue weighted by Crippen LogP contribution is 2.43. The highest BCUT2D eigenvalue weighted by Gasteiger charge is 2.30. The van der Waals surface area contributed by atoms with Crippen LogP contribution in [0.3, 0.4) is 0 Å². The largest absolute Gasteiger partial charge is 0.496 e. The van der Waals surface area contributed by atoms with Crippen molar-refractivity contribution >= 4 is 29.1 Å². The van der Waals surface area contributed by atoms with E-state index in [9.17, 15) is 4.79 Å². The number of rotatable bonds is 6. The maximum atomic E-state index is 15.0. The van der Waals surface area contributed by atoms with Crippen molar-refractivity contribution in [2.45, 2.75) is 33.6 Å². The van der Waals surface area contributed by atoms with Crippen molar-refractivity contribution in [3.63, 3.8) is 0 Å². The summed E-state index contributed by atoms with van der Waals surface area (Å²) in [6.45, 7) is 6.65. The Hall–Kier alpha value is -1.46. The fourth-order valence-corrected chi connectivity index (χ4v) is 3.68. The monoisotopic (exact) mass is 369 g/mol. The third kappa shape index (κ3) is 3.78. The van der Waals surface area contributed by atoms with E-state index in [1.54, 1.807) is 12.1 Å². The Morgan fingerprint density at radius 1 is 1.38 bits per heavy atom. The molecule has 0 aromatic heterocycles. The summed E-state index contributed by atoms with van der Waals surface area (Å²) < 4.78 is 20.2. The van der Waals surface area contributed by atoms with Crippen LogP contribution in [0.25, 0.3) is 0 Å². The summed E-state index contributed by atoms with van der Waals surface area (Å²) in [4.78, 5) is 15.6. The molecular formula is C18H21ClFNO2S. The molecule has 0 saturated carbocycles. The number of methoxy groups -OCH3 is 1. The van der Waals surface area contributed by atoms with Crippen LogP contribution in [0.4, 0.5) is 4.39 Å². The van der Waals surface area contributed by atoms with Crippen LogP contribution >= 0.6 is 23.4 Å². The number of carbonyl (C=O) groups excluding carboxylic acids is 1. The maximum absolute atomic E-state index is 15.0. The highest BCUT2D eigenvalue weighted by atomic mass is 35.5. The zero-order valence-electron chi connectivity index (χ0n) is 14.3. The van der Waals surface area contributed by atoms with Crippen molar-refractivity contribution in [1.82, 2.24) is 4.90 Å². The minimum Gasteiger partial charge on any atom is -0.496 e. The topological polar surface area (TPSA) is 29.5 Å². The van der Waals surface area contributed by atoms with Gasteiger partial charge >= 0.3 is 0 Å². The zero-order chi connectivity index (χ0) is 17.9. The van der Waals surface area contributed by atoms with Crippen molar-refractivity contribution in [2.75, 3.05) is 13.7 Å². The summed E-state index contributed by atoms with van der Waals surface area (Å²) in [5, 5.41) is 0.717. The lowest BCUT2D eigenvalue weighted by atomic mass is 10.1. The molecule has 0 atom stereocenters. The number of unbranched alkanes of at least 4 members (excludes halogenated alkanes) is 1. The van der Waals surface area contributed by atoms with Gasteiger partial charge in [0.1, 0.15) is 10.8 Å². The van der Waals surface area contributed by atoms with Gasteiger partial charge in [-0.25, -0.2) is 0 Å². The smallest absolute Gasteiger partial charge is 0.227 e. The summed E-state index contributed by atoms with van der Waals surface area (Å²) in [6, 6.07) is 4.61. The van der Waals surface area contributed by atoms with Gasteiger partial charge in [0.15, 0.2) is 0 Å². The van der Waals surface area contributed by atoms with Crippen LogP contribution in [-0.4, -0.2) is 24.3 Å². The van der Waals surface area contributed by atoms with Gasteiger partial charge in [-0.05, 0) is 38.5 Å². The van der Waals surface area contributed by atoms with E-state index in [0.717, 1.165) is 23.4 Å². The van der Waals surface area contributed by atoms with Crippen LogP contribution in [0.5, 0.6) is 5.75 Å². The van der Waals surface area contributed by atoms with Gasteiger partial charge < -0.3 is 9.64 Å². The van der Waals surface area contributed by atoms with Crippen molar-refractivity contribution in [1.29, 1.82) is 0 Å². The van der Waals surface area contributed by atoms with Crippen molar-refractivity contribution in [3.8, 4) is 5.75 Å². The first-order valence-corrected chi connectivity index (χ1v) is 9.01. The van der Waals surface area contributed by atoms with Crippen molar-refractivity contribution in [3.05, 3.63) is 50.2 Å². The predicted octanol–water partition coefficient (Wildman–Crippen LogP) is 5.77. The van der Waals surface area contributed by atoms with E-state index in [-0.39, 0.29) is 5.56 Å². The van der Waals surface area contributed by atoms with E-state index in [1.165, 1.54) is 24.9 Å². The Morgan fingerprint density at radius 3 is 2.71 bits per heavy atom. The van der Waals surface area contributed by atoms with Gasteiger partial charge in [0.05, 0.1) is 12.7 Å². The Bertz CT molecular complexity index is 715. The first kappa shape index (κ1) is 18.9. The fraction of sp³-hybridized carbons (Fsp3) is 0.389. The Kier molecular flexibility index (Phi) is 6.35. The van der Waals surface area contributed by atoms with Crippen LogP contribution in [0.1, 0.15) is 44.0 Å². The first-order valence-electron chi connectivity index (χ1n) is 7.81. The van der Waals surface area contributed by atoms with E-state index in [4.69, 9.17) is 16.3 Å². The molecule has 1 aliphatic heterocycles. The number of benzene rings is 1. The van der Waals surface area contributed by atoms with Gasteiger partial charge in [-0.3, -0.25) is 4.79 Å². The molecular weight excluding hydrogens is 349 g/mol. The molecule has 0 bridgehead atoms. The second-order valence-corrected chi connectivity index (χ2v) is 7.18. The van der Waals surface area contributed by atoms with Gasteiger partial charge in [-0.15, -0.1) is 0 Å². The maximum Gasteiger partial charge on any atom is 0.227 e. The Labute approximate surface area is 151 Å². The number of nitrogens with zero attached hydrogens (tertiary/aromatic N) is 1. The van der Waals surface area contributed by atoms with Crippen LogP contribution in [0, 0.1) is 0 Å². The zero-order valence-corrected chi connectivity index (χ0v) is 15.9. The van der Waals surface area contributed by atoms with Crippen LogP contribution in [-0.2, 0) is 0 Å². The molecule has 6 heteroatoms. The van der Waals surface area contributed by atoms with Crippen LogP contribution in [0.15, 0.2) is 39.7 Å². The molecule has 1 heterocycles. The quantitative estimate of drug-likeness (QED) is 0.470. The van der Waals surface area contributed by atoms with Gasteiger partial charge in [-0.1, -0.05) is 36.7 Å². The minimum atomic E-state index is -0.770. The summed E-state index contributed by atoms with van der Waals surface area (Å²) in [5.41, 5.74) is 1.12. The number of ketones is 1. The lowest BCUT2D eigenvalue weighted by Gasteiger charge is -2.21. The molecule has 0 fully saturated rings. The molecule has 0 spiro atoms. The third-order valence-corrected chi connectivity index (χ3v) is 5.37. The van der Waals surface area contributed by atoms with E-state index < -0.39 is 11.6 Å². The molecule has 0 unspecified atom stereocenters. The summed E-state index contributed by atoms with van der Waals surface area (Å²) in [7, 11) is 1.44. The molecule has 130 valence electrons. The summed E-state index contributed by atoms with van der Waals surface area (Å²) in [5.74, 6) is -1.17. The predicted molar refractivity (Wildman–Crippen MR) is 98.0 cm³/mol.